The molecule has 0 saturated carbocycles. The molecule has 3 heteroatoms. The first kappa shape index (κ1) is 9.19. The van der Waals surface area contributed by atoms with Crippen LogP contribution in [0, 0.1) is 13.8 Å². The Morgan fingerprint density at radius 3 is 2.79 bits per heavy atom. The molecule has 0 saturated heterocycles. The molecule has 14 heavy (non-hydrogen) atoms. The van der Waals surface area contributed by atoms with Crippen molar-refractivity contribution in [3.05, 3.63) is 29.3 Å². The Balaban J connectivity index is 2.58. The lowest BCUT2D eigenvalue weighted by atomic mass is 10.3. The second-order valence-corrected chi connectivity index (χ2v) is 3.69. The Morgan fingerprint density at radius 2 is 2.07 bits per heavy atom. The van der Waals surface area contributed by atoms with E-state index in [-0.39, 0.29) is 0 Å². The molecule has 2 heterocycles. The summed E-state index contributed by atoms with van der Waals surface area (Å²) in [7, 11) is 0. The Hall–Kier alpha value is -1.38. The molecule has 0 atom stereocenters. The van der Waals surface area contributed by atoms with Gasteiger partial charge in [-0.2, -0.15) is 0 Å². The quantitative estimate of drug-likeness (QED) is 0.725. The van der Waals surface area contributed by atoms with Gasteiger partial charge >= 0.3 is 0 Å². The van der Waals surface area contributed by atoms with Gasteiger partial charge in [-0.05, 0) is 26.3 Å². The average molecular weight is 189 g/mol. The summed E-state index contributed by atoms with van der Waals surface area (Å²) in [6.45, 7) is 6.25. The van der Waals surface area contributed by atoms with Crippen molar-refractivity contribution in [1.29, 1.82) is 0 Å². The molecular weight excluding hydrogens is 174 g/mol. The van der Waals surface area contributed by atoms with Gasteiger partial charge in [0.05, 0.1) is 5.69 Å². The van der Waals surface area contributed by atoms with E-state index in [1.54, 1.807) is 0 Å². The van der Waals surface area contributed by atoms with E-state index in [0.717, 1.165) is 30.0 Å². The highest BCUT2D eigenvalue weighted by atomic mass is 15.1. The van der Waals surface area contributed by atoms with E-state index >= 15 is 0 Å². The zero-order valence-electron chi connectivity index (χ0n) is 8.91. The first-order chi connectivity index (χ1) is 6.70. The third-order valence-electron chi connectivity index (χ3n) is 2.32. The van der Waals surface area contributed by atoms with E-state index in [4.69, 9.17) is 0 Å². The van der Waals surface area contributed by atoms with Crippen LogP contribution in [0.1, 0.15) is 30.4 Å². The number of aromatic nitrogens is 3. The zero-order valence-corrected chi connectivity index (χ0v) is 8.91. The smallest absolute Gasteiger partial charge is 0.234 e. The molecule has 0 aliphatic carbocycles. The molecule has 0 unspecified atom stereocenters. The SMILES string of the molecule is CCCc1cn2c(C)cc(C)nc2n1. The van der Waals surface area contributed by atoms with Crippen LogP contribution in [0.3, 0.4) is 0 Å². The summed E-state index contributed by atoms with van der Waals surface area (Å²) in [5, 5.41) is 0. The third kappa shape index (κ3) is 1.50. The standard InChI is InChI=1S/C11H15N3/c1-4-5-10-7-14-9(3)6-8(2)12-11(14)13-10/h6-7H,4-5H2,1-3H3. The molecule has 0 N–H and O–H groups in total. The molecule has 0 bridgehead atoms. The lowest BCUT2D eigenvalue weighted by Gasteiger charge is -1.98. The summed E-state index contributed by atoms with van der Waals surface area (Å²) in [5.41, 5.74) is 3.36. The summed E-state index contributed by atoms with van der Waals surface area (Å²) in [6, 6.07) is 2.07. The Morgan fingerprint density at radius 1 is 1.29 bits per heavy atom. The molecule has 0 aromatic carbocycles. The minimum atomic E-state index is 0.825. The van der Waals surface area contributed by atoms with Crippen molar-refractivity contribution in [2.75, 3.05) is 0 Å². The fraction of sp³-hybridized carbons (Fsp3) is 0.455. The molecule has 0 amide bonds. The minimum absolute atomic E-state index is 0.825. The van der Waals surface area contributed by atoms with E-state index in [1.807, 2.05) is 6.92 Å². The molecule has 0 aliphatic heterocycles. The molecule has 2 rings (SSSR count). The highest BCUT2D eigenvalue weighted by molar-refractivity contribution is 5.34. The van der Waals surface area contributed by atoms with Crippen molar-refractivity contribution >= 4 is 5.78 Å². The van der Waals surface area contributed by atoms with E-state index < -0.39 is 0 Å². The van der Waals surface area contributed by atoms with E-state index in [0.29, 0.717) is 0 Å². The summed E-state index contributed by atoms with van der Waals surface area (Å²) < 4.78 is 2.05. The maximum absolute atomic E-state index is 4.48. The van der Waals surface area contributed by atoms with Crippen molar-refractivity contribution in [2.24, 2.45) is 0 Å². The number of hydrogen-bond acceptors (Lipinski definition) is 2. The third-order valence-corrected chi connectivity index (χ3v) is 2.32. The van der Waals surface area contributed by atoms with Crippen LogP contribution >= 0.6 is 0 Å². The maximum Gasteiger partial charge on any atom is 0.234 e. The Labute approximate surface area is 83.8 Å². The van der Waals surface area contributed by atoms with Gasteiger partial charge in [0.15, 0.2) is 0 Å². The van der Waals surface area contributed by atoms with Gasteiger partial charge in [0.1, 0.15) is 0 Å². The minimum Gasteiger partial charge on any atom is -0.288 e. The summed E-state index contributed by atoms with van der Waals surface area (Å²) in [4.78, 5) is 8.87. The Kier molecular flexibility index (Phi) is 2.23. The molecule has 3 nitrogen and oxygen atoms in total. The topological polar surface area (TPSA) is 30.2 Å². The molecule has 0 fully saturated rings. The number of nitrogens with zero attached hydrogens (tertiary/aromatic N) is 3. The molecule has 0 aliphatic rings. The monoisotopic (exact) mass is 189 g/mol. The zero-order chi connectivity index (χ0) is 10.1. The van der Waals surface area contributed by atoms with Crippen molar-refractivity contribution in [1.82, 2.24) is 14.4 Å². The van der Waals surface area contributed by atoms with Gasteiger partial charge in [-0.3, -0.25) is 4.40 Å². The van der Waals surface area contributed by atoms with Crippen LogP contribution in [0.25, 0.3) is 5.78 Å². The van der Waals surface area contributed by atoms with Gasteiger partial charge in [0, 0.05) is 17.6 Å². The number of fused-ring (bicyclic) bond motifs is 1. The average Bonchev–Trinajstić information content (AvgIpc) is 2.48. The molecule has 0 spiro atoms. The molecule has 2 aromatic heterocycles. The first-order valence-electron chi connectivity index (χ1n) is 5.03. The fourth-order valence-electron chi connectivity index (χ4n) is 1.69. The van der Waals surface area contributed by atoms with Crippen molar-refractivity contribution < 1.29 is 0 Å². The van der Waals surface area contributed by atoms with Crippen LogP contribution in [0.2, 0.25) is 0 Å². The normalized spacial score (nSPS) is 11.1. The molecule has 74 valence electrons. The van der Waals surface area contributed by atoms with Gasteiger partial charge in [-0.15, -0.1) is 0 Å². The van der Waals surface area contributed by atoms with E-state index in [2.05, 4.69) is 40.5 Å². The van der Waals surface area contributed by atoms with Gasteiger partial charge in [-0.25, -0.2) is 9.97 Å². The van der Waals surface area contributed by atoms with Crippen molar-refractivity contribution in [3.8, 4) is 0 Å². The van der Waals surface area contributed by atoms with Crippen LogP contribution in [0.5, 0.6) is 0 Å². The van der Waals surface area contributed by atoms with Gasteiger partial charge < -0.3 is 0 Å². The van der Waals surface area contributed by atoms with Gasteiger partial charge in [0.2, 0.25) is 5.78 Å². The van der Waals surface area contributed by atoms with Gasteiger partial charge in [-0.1, -0.05) is 13.3 Å². The highest BCUT2D eigenvalue weighted by Crippen LogP contribution is 2.09. The largest absolute Gasteiger partial charge is 0.288 e. The molecule has 2 aromatic rings. The van der Waals surface area contributed by atoms with Crippen LogP contribution in [0.4, 0.5) is 0 Å². The second-order valence-electron chi connectivity index (χ2n) is 3.69. The Bertz CT molecular complexity index is 457. The predicted molar refractivity (Wildman–Crippen MR) is 56.5 cm³/mol. The van der Waals surface area contributed by atoms with Crippen LogP contribution in [-0.2, 0) is 6.42 Å². The predicted octanol–water partition coefficient (Wildman–Crippen LogP) is 2.30. The summed E-state index contributed by atoms with van der Waals surface area (Å²) >= 11 is 0. The fourth-order valence-corrected chi connectivity index (χ4v) is 1.69. The van der Waals surface area contributed by atoms with Crippen LogP contribution in [0.15, 0.2) is 12.3 Å². The van der Waals surface area contributed by atoms with Crippen LogP contribution in [-0.4, -0.2) is 14.4 Å². The number of aryl methyl sites for hydroxylation is 3. The number of hydrogen-bond donors (Lipinski definition) is 0. The lowest BCUT2D eigenvalue weighted by Crippen LogP contribution is -1.94. The van der Waals surface area contributed by atoms with Crippen molar-refractivity contribution in [2.45, 2.75) is 33.6 Å². The second kappa shape index (κ2) is 3.40. The van der Waals surface area contributed by atoms with E-state index in [9.17, 15) is 0 Å². The molecule has 0 radical (unpaired) electrons. The van der Waals surface area contributed by atoms with Gasteiger partial charge in [0.25, 0.3) is 0 Å². The number of rotatable bonds is 2. The first-order valence-corrected chi connectivity index (χ1v) is 5.03. The highest BCUT2D eigenvalue weighted by Gasteiger charge is 2.04. The van der Waals surface area contributed by atoms with E-state index in [1.165, 1.54) is 5.69 Å². The maximum atomic E-state index is 4.48. The summed E-state index contributed by atoms with van der Waals surface area (Å²) in [5.74, 6) is 0.825. The van der Waals surface area contributed by atoms with Crippen LogP contribution < -0.4 is 0 Å². The summed E-state index contributed by atoms with van der Waals surface area (Å²) in [6.07, 6.45) is 4.24. The number of imidazole rings is 1. The van der Waals surface area contributed by atoms with Crippen molar-refractivity contribution in [3.63, 3.8) is 0 Å². The lowest BCUT2D eigenvalue weighted by molar-refractivity contribution is 0.893. The molecular formula is C11H15N3.